The molecule has 264 valence electrons. The molecule has 3 N–H and O–H groups in total. The molecule has 0 saturated carbocycles. The number of aromatic nitrogens is 1. The molecule has 0 unspecified atom stereocenters. The average Bonchev–Trinajstić information content (AvgIpc) is 3.90. The summed E-state index contributed by atoms with van der Waals surface area (Å²) >= 11 is 0. The summed E-state index contributed by atoms with van der Waals surface area (Å²) in [6, 6.07) is 16.6. The van der Waals surface area contributed by atoms with Crippen molar-refractivity contribution in [2.75, 3.05) is 33.0 Å². The van der Waals surface area contributed by atoms with E-state index in [1.807, 2.05) is 6.92 Å². The first-order valence-corrected chi connectivity index (χ1v) is 16.6. The number of fused-ring (bicyclic) bond motifs is 6. The van der Waals surface area contributed by atoms with Gasteiger partial charge in [-0.2, -0.15) is 0 Å². The number of aromatic amines is 1. The minimum absolute atomic E-state index is 0.0380. The monoisotopic (exact) mass is 697 g/mol. The molecule has 1 fully saturated rings. The summed E-state index contributed by atoms with van der Waals surface area (Å²) in [6.45, 7) is 2.45. The van der Waals surface area contributed by atoms with Crippen LogP contribution in [0.15, 0.2) is 72.9 Å². The van der Waals surface area contributed by atoms with Crippen LogP contribution >= 0.6 is 0 Å². The number of nitrogens with zero attached hydrogens (tertiary/aromatic N) is 2. The number of amides is 4. The van der Waals surface area contributed by atoms with Crippen LogP contribution in [-0.4, -0.2) is 83.5 Å². The zero-order valence-electron chi connectivity index (χ0n) is 27.8. The summed E-state index contributed by atoms with van der Waals surface area (Å²) in [4.78, 5) is 60.1. The summed E-state index contributed by atoms with van der Waals surface area (Å²) in [7, 11) is 0. The van der Waals surface area contributed by atoms with Crippen molar-refractivity contribution in [3.05, 3.63) is 107 Å². The van der Waals surface area contributed by atoms with Crippen LogP contribution in [0, 0.1) is 5.82 Å². The van der Waals surface area contributed by atoms with Gasteiger partial charge < -0.3 is 44.4 Å². The third-order valence-corrected chi connectivity index (χ3v) is 8.78. The minimum Gasteiger partial charge on any atom is -0.457 e. The number of carbonyl (C=O) groups is 4. The highest BCUT2D eigenvalue weighted by Crippen LogP contribution is 2.33. The average molecular weight is 698 g/mol. The number of H-pyrrole nitrogens is 1. The maximum absolute atomic E-state index is 14.9. The molecule has 14 heteroatoms. The standard InChI is InChI=1S/C37H36FN5O8/c1-2-8-42-19-34(44)41-30-17-43(37(47)29-4-3-7-39-29)18-33(30)48-20-23-9-26(38)15-27(10-23)51-28-13-24(12-25(14-28)36(42)46)35(45)40-16-22-5-6-31-32(11-22)50-21-49-31/h3-7,9-15,30,33,39H,2,8,16-21H2,1H3,(H,40,45)(H,41,44)/t30-,33-/m1/s1. The molecule has 4 heterocycles. The van der Waals surface area contributed by atoms with Crippen LogP contribution in [0.3, 0.4) is 0 Å². The number of halogens is 1. The quantitative estimate of drug-likeness (QED) is 0.274. The third kappa shape index (κ3) is 7.65. The van der Waals surface area contributed by atoms with Crippen molar-refractivity contribution in [1.82, 2.24) is 25.4 Å². The molecule has 2 atom stereocenters. The van der Waals surface area contributed by atoms with E-state index >= 15 is 0 Å². The molecule has 51 heavy (non-hydrogen) atoms. The van der Waals surface area contributed by atoms with Gasteiger partial charge in [-0.15, -0.1) is 0 Å². The molecule has 4 bridgehead atoms. The van der Waals surface area contributed by atoms with Crippen LogP contribution in [-0.2, 0) is 22.7 Å². The number of rotatable bonds is 6. The van der Waals surface area contributed by atoms with Crippen LogP contribution in [0.4, 0.5) is 4.39 Å². The van der Waals surface area contributed by atoms with Gasteiger partial charge in [-0.25, -0.2) is 4.39 Å². The second-order valence-electron chi connectivity index (χ2n) is 12.6. The molecule has 0 aliphatic carbocycles. The highest BCUT2D eigenvalue weighted by atomic mass is 19.1. The number of ether oxygens (including phenoxy) is 4. The van der Waals surface area contributed by atoms with Gasteiger partial charge in [0, 0.05) is 49.6 Å². The zero-order chi connectivity index (χ0) is 35.5. The van der Waals surface area contributed by atoms with Gasteiger partial charge in [0.15, 0.2) is 11.5 Å². The Labute approximate surface area is 292 Å². The van der Waals surface area contributed by atoms with E-state index in [1.54, 1.807) is 47.5 Å². The predicted octanol–water partition coefficient (Wildman–Crippen LogP) is 4.00. The Kier molecular flexibility index (Phi) is 9.57. The molecular weight excluding hydrogens is 661 g/mol. The van der Waals surface area contributed by atoms with Crippen LogP contribution in [0.5, 0.6) is 23.0 Å². The molecule has 7 rings (SSSR count). The van der Waals surface area contributed by atoms with Crippen molar-refractivity contribution >= 4 is 23.6 Å². The molecule has 3 aliphatic rings. The topological polar surface area (TPSA) is 152 Å². The largest absolute Gasteiger partial charge is 0.457 e. The lowest BCUT2D eigenvalue weighted by Crippen LogP contribution is -2.49. The van der Waals surface area contributed by atoms with Crippen molar-refractivity contribution in [3.8, 4) is 23.0 Å². The molecule has 1 aromatic heterocycles. The molecule has 3 aliphatic heterocycles. The van der Waals surface area contributed by atoms with E-state index in [9.17, 15) is 23.6 Å². The summed E-state index contributed by atoms with van der Waals surface area (Å²) in [5.41, 5.74) is 1.84. The summed E-state index contributed by atoms with van der Waals surface area (Å²) in [5.74, 6) is -0.831. The lowest BCUT2D eigenvalue weighted by atomic mass is 10.1. The minimum atomic E-state index is -0.616. The Morgan fingerprint density at radius 3 is 2.65 bits per heavy atom. The van der Waals surface area contributed by atoms with Gasteiger partial charge in [-0.3, -0.25) is 19.2 Å². The van der Waals surface area contributed by atoms with Crippen molar-refractivity contribution in [2.24, 2.45) is 0 Å². The normalized spacial score (nSPS) is 18.5. The predicted molar refractivity (Wildman–Crippen MR) is 180 cm³/mol. The molecule has 4 aromatic rings. The van der Waals surface area contributed by atoms with E-state index in [-0.39, 0.29) is 74.7 Å². The van der Waals surface area contributed by atoms with Crippen LogP contribution in [0.25, 0.3) is 0 Å². The van der Waals surface area contributed by atoms with E-state index in [2.05, 4.69) is 15.6 Å². The van der Waals surface area contributed by atoms with Crippen molar-refractivity contribution in [2.45, 2.75) is 38.6 Å². The maximum atomic E-state index is 14.9. The highest BCUT2D eigenvalue weighted by molar-refractivity contribution is 6.01. The fraction of sp³-hybridized carbons (Fsp3) is 0.297. The summed E-state index contributed by atoms with van der Waals surface area (Å²) in [6.07, 6.45) is 1.59. The number of nitrogens with one attached hydrogen (secondary N) is 3. The smallest absolute Gasteiger partial charge is 0.270 e. The first-order chi connectivity index (χ1) is 24.7. The first kappa shape index (κ1) is 33.6. The Bertz CT molecular complexity index is 1970. The SMILES string of the molecule is CCCN1CC(=O)N[C@@H]2CN(C(=O)c3ccc[nH]3)C[C@H]2OCc2cc(F)cc(c2)Oc2cc(C(=O)NCc3ccc4c(c3)OCO4)cc(c2)C1=O. The van der Waals surface area contributed by atoms with Crippen LogP contribution in [0.2, 0.25) is 0 Å². The van der Waals surface area contributed by atoms with Crippen molar-refractivity contribution in [3.63, 3.8) is 0 Å². The Hall–Kier alpha value is -5.89. The molecule has 4 amide bonds. The third-order valence-electron chi connectivity index (χ3n) is 8.78. The van der Waals surface area contributed by atoms with Gasteiger partial charge in [-0.1, -0.05) is 13.0 Å². The fourth-order valence-corrected chi connectivity index (χ4v) is 6.36. The van der Waals surface area contributed by atoms with Crippen molar-refractivity contribution < 1.29 is 42.5 Å². The Balaban J connectivity index is 1.18. The lowest BCUT2D eigenvalue weighted by Gasteiger charge is -2.25. The number of carbonyl (C=O) groups excluding carboxylic acids is 4. The summed E-state index contributed by atoms with van der Waals surface area (Å²) < 4.78 is 38.0. The number of benzene rings is 3. The molecule has 1 saturated heterocycles. The van der Waals surface area contributed by atoms with Crippen molar-refractivity contribution in [1.29, 1.82) is 0 Å². The zero-order valence-corrected chi connectivity index (χ0v) is 27.8. The van der Waals surface area contributed by atoms with E-state index in [0.29, 0.717) is 29.2 Å². The van der Waals surface area contributed by atoms with Gasteiger partial charge in [0.05, 0.1) is 25.3 Å². The summed E-state index contributed by atoms with van der Waals surface area (Å²) in [5, 5.41) is 5.82. The van der Waals surface area contributed by atoms with Gasteiger partial charge in [-0.05, 0) is 72.1 Å². The van der Waals surface area contributed by atoms with Gasteiger partial charge >= 0.3 is 0 Å². The lowest BCUT2D eigenvalue weighted by molar-refractivity contribution is -0.123. The van der Waals surface area contributed by atoms with Gasteiger partial charge in [0.25, 0.3) is 17.7 Å². The molecule has 13 nitrogen and oxygen atoms in total. The van der Waals surface area contributed by atoms with Crippen LogP contribution < -0.4 is 24.8 Å². The van der Waals surface area contributed by atoms with E-state index in [1.165, 1.54) is 35.2 Å². The molecular formula is C37H36FN5O8. The number of hydrogen-bond acceptors (Lipinski definition) is 8. The molecule has 3 aromatic carbocycles. The first-order valence-electron chi connectivity index (χ1n) is 16.6. The van der Waals surface area contributed by atoms with E-state index in [4.69, 9.17) is 18.9 Å². The molecule has 0 radical (unpaired) electrons. The van der Waals surface area contributed by atoms with E-state index in [0.717, 1.165) is 5.56 Å². The highest BCUT2D eigenvalue weighted by Gasteiger charge is 2.38. The Morgan fingerprint density at radius 1 is 0.980 bits per heavy atom. The van der Waals surface area contributed by atoms with E-state index < -0.39 is 35.7 Å². The number of likely N-dealkylation sites (tertiary alicyclic amines) is 1. The second-order valence-corrected chi connectivity index (χ2v) is 12.6. The van der Waals surface area contributed by atoms with Gasteiger partial charge in [0.1, 0.15) is 23.0 Å². The van der Waals surface area contributed by atoms with Crippen LogP contribution in [0.1, 0.15) is 55.7 Å². The fourth-order valence-electron chi connectivity index (χ4n) is 6.36. The molecule has 0 spiro atoms. The second kappa shape index (κ2) is 14.5. The number of hydrogen-bond donors (Lipinski definition) is 3. The van der Waals surface area contributed by atoms with Gasteiger partial charge in [0.2, 0.25) is 12.7 Å². The maximum Gasteiger partial charge on any atom is 0.270 e. The Morgan fingerprint density at radius 2 is 1.82 bits per heavy atom.